The van der Waals surface area contributed by atoms with Crippen LogP contribution in [0.3, 0.4) is 0 Å². The van der Waals surface area contributed by atoms with E-state index in [1.807, 2.05) is 0 Å². The fourth-order valence-corrected chi connectivity index (χ4v) is 1.52. The van der Waals surface area contributed by atoms with Crippen molar-refractivity contribution in [1.29, 1.82) is 0 Å². The Labute approximate surface area is 139 Å². The van der Waals surface area contributed by atoms with Gasteiger partial charge in [0.15, 0.2) is 6.29 Å². The molecule has 21 heavy (non-hydrogen) atoms. The molecule has 0 radical (unpaired) electrons. The number of aliphatic hydroxyl groups is 1. The molecule has 0 aliphatic rings. The van der Waals surface area contributed by atoms with E-state index in [-0.39, 0.29) is 16.4 Å². The first-order valence-electron chi connectivity index (χ1n) is 5.20. The van der Waals surface area contributed by atoms with Crippen LogP contribution in [0.15, 0.2) is 12.3 Å². The van der Waals surface area contributed by atoms with Gasteiger partial charge in [-0.2, -0.15) is 0 Å². The van der Waals surface area contributed by atoms with Crippen molar-refractivity contribution in [3.05, 3.63) is 23.0 Å². The number of nitrogens with zero attached hydrogens (tertiary/aromatic N) is 1. The topological polar surface area (TPSA) is 101 Å². The maximum absolute atomic E-state index is 11.6. The number of ether oxygens (including phenoxy) is 1. The molecule has 0 aliphatic heterocycles. The minimum atomic E-state index is -2.29. The smallest absolute Gasteiger partial charge is 0.326 e. The Bertz CT molecular complexity index is 550. The van der Waals surface area contributed by atoms with E-state index in [0.29, 0.717) is 0 Å². The summed E-state index contributed by atoms with van der Waals surface area (Å²) in [6, 6.07) is 0.294. The molecule has 0 aliphatic carbocycles. The van der Waals surface area contributed by atoms with E-state index < -0.39 is 22.0 Å². The number of nitrogens with one attached hydrogen (secondary N) is 2. The fraction of sp³-hybridized carbons (Fsp3) is 0.300. The van der Waals surface area contributed by atoms with E-state index >= 15 is 0 Å². The average molecular weight is 377 g/mol. The molecule has 11 heteroatoms. The predicted molar refractivity (Wildman–Crippen MR) is 78.7 cm³/mol. The summed E-state index contributed by atoms with van der Waals surface area (Å²) < 4.78 is 2.43. The highest BCUT2D eigenvalue weighted by Gasteiger charge is 2.32. The number of anilines is 1. The van der Waals surface area contributed by atoms with Crippen LogP contribution in [-0.2, 0) is 9.53 Å². The maximum Gasteiger partial charge on any atom is 0.326 e. The van der Waals surface area contributed by atoms with Crippen LogP contribution in [0.4, 0.5) is 10.5 Å². The van der Waals surface area contributed by atoms with Gasteiger partial charge in [0.2, 0.25) is 0 Å². The van der Waals surface area contributed by atoms with Crippen molar-refractivity contribution in [2.24, 2.45) is 0 Å². The number of amides is 3. The number of methoxy groups -OCH3 is 1. The van der Waals surface area contributed by atoms with E-state index in [2.05, 4.69) is 10.3 Å². The van der Waals surface area contributed by atoms with Crippen LogP contribution in [0.25, 0.3) is 0 Å². The van der Waals surface area contributed by atoms with Gasteiger partial charge in [0.1, 0.15) is 5.15 Å². The molecule has 1 aromatic heterocycles. The molecule has 0 saturated heterocycles. The molecule has 1 rings (SSSR count). The van der Waals surface area contributed by atoms with Gasteiger partial charge in [-0.1, -0.05) is 46.4 Å². The molecule has 1 atom stereocenters. The molecular formula is C10H9Cl4N3O4. The third-order valence-electron chi connectivity index (χ3n) is 2.12. The normalized spacial score (nSPS) is 12.7. The average Bonchev–Trinajstić information content (AvgIpc) is 2.38. The number of aliphatic hydroxyl groups excluding tert-OH is 1. The molecule has 7 nitrogen and oxygen atoms in total. The van der Waals surface area contributed by atoms with Gasteiger partial charge in [-0.15, -0.1) is 0 Å². The van der Waals surface area contributed by atoms with Crippen molar-refractivity contribution in [2.45, 2.75) is 10.1 Å². The van der Waals surface area contributed by atoms with Crippen molar-refractivity contribution in [2.75, 3.05) is 12.4 Å². The minimum absolute atomic E-state index is 0.0587. The predicted octanol–water partition coefficient (Wildman–Crippen LogP) is 2.39. The van der Waals surface area contributed by atoms with Crippen molar-refractivity contribution >= 4 is 64.0 Å². The molecule has 0 bridgehead atoms. The van der Waals surface area contributed by atoms with Crippen molar-refractivity contribution in [3.63, 3.8) is 0 Å². The lowest BCUT2D eigenvalue weighted by Gasteiger charge is -2.16. The van der Waals surface area contributed by atoms with Crippen LogP contribution < -0.4 is 10.6 Å². The molecule has 0 aromatic carbocycles. The van der Waals surface area contributed by atoms with Gasteiger partial charge >= 0.3 is 6.03 Å². The summed E-state index contributed by atoms with van der Waals surface area (Å²) >= 11 is 21.6. The lowest BCUT2D eigenvalue weighted by Crippen LogP contribution is -2.41. The lowest BCUT2D eigenvalue weighted by atomic mass is 10.2. The number of alkyl halides is 3. The summed E-state index contributed by atoms with van der Waals surface area (Å²) in [5, 5.41) is 13.8. The highest BCUT2D eigenvalue weighted by Crippen LogP contribution is 2.27. The summed E-state index contributed by atoms with van der Waals surface area (Å²) in [4.78, 5) is 26.7. The molecule has 1 heterocycles. The molecule has 1 aromatic rings. The number of pyridine rings is 1. The van der Waals surface area contributed by atoms with E-state index in [0.717, 1.165) is 0 Å². The Morgan fingerprint density at radius 1 is 1.43 bits per heavy atom. The van der Waals surface area contributed by atoms with Gasteiger partial charge < -0.3 is 15.2 Å². The van der Waals surface area contributed by atoms with Gasteiger partial charge in [-0.25, -0.2) is 9.78 Å². The Morgan fingerprint density at radius 2 is 2.05 bits per heavy atom. The molecule has 0 spiro atoms. The standard InChI is InChI=1S/C10H9Cl4N3O4/c1-21-7(18)4-2-6(11)15-3-5(4)16-9(20)17-8(19)10(12,13)14/h2-3,7,18H,1H3,(H2,16,17,19,20). The molecular weight excluding hydrogens is 368 g/mol. The van der Waals surface area contributed by atoms with Crippen LogP contribution in [-0.4, -0.2) is 32.9 Å². The van der Waals surface area contributed by atoms with E-state index in [4.69, 9.17) is 51.1 Å². The molecule has 116 valence electrons. The first-order valence-corrected chi connectivity index (χ1v) is 6.71. The second kappa shape index (κ2) is 7.44. The van der Waals surface area contributed by atoms with Crippen LogP contribution >= 0.6 is 46.4 Å². The van der Waals surface area contributed by atoms with Crippen molar-refractivity contribution < 1.29 is 19.4 Å². The number of carbonyl (C=O) groups excluding carboxylic acids is 2. The summed E-state index contributed by atoms with van der Waals surface area (Å²) in [7, 11) is 1.25. The van der Waals surface area contributed by atoms with Gasteiger partial charge in [0.05, 0.1) is 11.9 Å². The Morgan fingerprint density at radius 3 is 2.57 bits per heavy atom. The second-order valence-corrected chi connectivity index (χ2v) is 6.26. The molecule has 0 saturated carbocycles. The summed E-state index contributed by atoms with van der Waals surface area (Å²) in [6.45, 7) is 0. The van der Waals surface area contributed by atoms with Gasteiger partial charge in [-0.3, -0.25) is 10.1 Å². The second-order valence-electron chi connectivity index (χ2n) is 3.59. The number of hydrogen-bond acceptors (Lipinski definition) is 5. The number of aromatic nitrogens is 1. The summed E-state index contributed by atoms with van der Waals surface area (Å²) in [5.74, 6) is -1.14. The van der Waals surface area contributed by atoms with Gasteiger partial charge in [0, 0.05) is 12.7 Å². The maximum atomic E-state index is 11.6. The zero-order chi connectivity index (χ0) is 16.2. The number of halogens is 4. The van der Waals surface area contributed by atoms with Gasteiger partial charge in [-0.05, 0) is 6.07 Å². The van der Waals surface area contributed by atoms with Crippen LogP contribution in [0.1, 0.15) is 11.9 Å². The molecule has 0 fully saturated rings. The van der Waals surface area contributed by atoms with Gasteiger partial charge in [0.25, 0.3) is 9.70 Å². The Kier molecular flexibility index (Phi) is 6.45. The zero-order valence-corrected chi connectivity index (χ0v) is 13.4. The number of rotatable bonds is 3. The Balaban J connectivity index is 2.88. The number of imide groups is 1. The third-order valence-corrected chi connectivity index (χ3v) is 2.85. The van der Waals surface area contributed by atoms with Crippen molar-refractivity contribution in [3.8, 4) is 0 Å². The van der Waals surface area contributed by atoms with E-state index in [9.17, 15) is 14.7 Å². The largest absolute Gasteiger partial charge is 0.364 e. The van der Waals surface area contributed by atoms with Crippen LogP contribution in [0.2, 0.25) is 5.15 Å². The lowest BCUT2D eigenvalue weighted by molar-refractivity contribution is -0.119. The minimum Gasteiger partial charge on any atom is -0.364 e. The Hall–Kier alpha value is -0.830. The van der Waals surface area contributed by atoms with E-state index in [1.54, 1.807) is 5.32 Å². The quantitative estimate of drug-likeness (QED) is 0.427. The SMILES string of the molecule is COC(O)c1cc(Cl)ncc1NC(=O)NC(=O)C(Cl)(Cl)Cl. The van der Waals surface area contributed by atoms with Crippen molar-refractivity contribution in [1.82, 2.24) is 10.3 Å². The number of hydrogen-bond donors (Lipinski definition) is 3. The first-order chi connectivity index (χ1) is 9.65. The molecule has 3 amide bonds. The number of carbonyl (C=O) groups is 2. The monoisotopic (exact) mass is 375 g/mol. The van der Waals surface area contributed by atoms with E-state index in [1.165, 1.54) is 19.4 Å². The fourth-order valence-electron chi connectivity index (χ4n) is 1.21. The zero-order valence-electron chi connectivity index (χ0n) is 10.4. The highest BCUT2D eigenvalue weighted by molar-refractivity contribution is 6.76. The summed E-state index contributed by atoms with van der Waals surface area (Å²) in [6.07, 6.45) is -0.191. The molecule has 3 N–H and O–H groups in total. The number of urea groups is 1. The van der Waals surface area contributed by atoms with Crippen LogP contribution in [0.5, 0.6) is 0 Å². The van der Waals surface area contributed by atoms with Crippen LogP contribution in [0, 0.1) is 0 Å². The highest BCUT2D eigenvalue weighted by atomic mass is 35.6. The summed E-state index contributed by atoms with van der Waals surface area (Å²) in [5.41, 5.74) is 0.192. The molecule has 1 unspecified atom stereocenters. The first kappa shape index (κ1) is 18.2. The third kappa shape index (κ3) is 5.46.